The molecule has 0 unspecified atom stereocenters. The molecule has 0 bridgehead atoms. The lowest BCUT2D eigenvalue weighted by molar-refractivity contribution is 0.280. The standard InChI is InChI=1S/C20H19NO3/c1-15-17(13-22)7-12-20(21-15)24-19-10-8-18(9-11-19)23-14-16-5-3-2-4-6-16/h2-12,22H,13-14H2,1H3. The Morgan fingerprint density at radius 1 is 0.875 bits per heavy atom. The Hall–Kier alpha value is -2.85. The summed E-state index contributed by atoms with van der Waals surface area (Å²) in [5.74, 6) is 1.97. The second-order valence-corrected chi connectivity index (χ2v) is 5.40. The molecule has 0 amide bonds. The van der Waals surface area contributed by atoms with Gasteiger partial charge in [0.15, 0.2) is 0 Å². The molecule has 0 aliphatic carbocycles. The minimum absolute atomic E-state index is 0.0213. The van der Waals surface area contributed by atoms with Gasteiger partial charge in [0, 0.05) is 11.8 Å². The molecule has 3 rings (SSSR count). The van der Waals surface area contributed by atoms with Gasteiger partial charge in [-0.2, -0.15) is 0 Å². The van der Waals surface area contributed by atoms with Crippen molar-refractivity contribution in [2.45, 2.75) is 20.1 Å². The normalized spacial score (nSPS) is 10.4. The summed E-state index contributed by atoms with van der Waals surface area (Å²) in [5, 5.41) is 9.17. The van der Waals surface area contributed by atoms with Crippen LogP contribution in [0.5, 0.6) is 17.4 Å². The molecule has 0 aliphatic rings. The van der Waals surface area contributed by atoms with Gasteiger partial charge in [-0.25, -0.2) is 4.98 Å². The molecule has 0 saturated heterocycles. The number of nitrogens with zero attached hydrogens (tertiary/aromatic N) is 1. The first kappa shape index (κ1) is 16.0. The van der Waals surface area contributed by atoms with E-state index in [-0.39, 0.29) is 6.61 Å². The Morgan fingerprint density at radius 2 is 1.58 bits per heavy atom. The minimum Gasteiger partial charge on any atom is -0.489 e. The first-order valence-electron chi connectivity index (χ1n) is 7.76. The molecule has 24 heavy (non-hydrogen) atoms. The Morgan fingerprint density at radius 3 is 2.25 bits per heavy atom. The van der Waals surface area contributed by atoms with Crippen molar-refractivity contribution in [3.8, 4) is 17.4 Å². The fourth-order valence-corrected chi connectivity index (χ4v) is 2.26. The summed E-state index contributed by atoms with van der Waals surface area (Å²) in [5.41, 5.74) is 2.69. The zero-order valence-electron chi connectivity index (χ0n) is 13.5. The molecule has 4 heteroatoms. The lowest BCUT2D eigenvalue weighted by atomic mass is 10.2. The van der Waals surface area contributed by atoms with Crippen LogP contribution >= 0.6 is 0 Å². The third-order valence-corrected chi connectivity index (χ3v) is 3.63. The molecule has 1 aromatic heterocycles. The third-order valence-electron chi connectivity index (χ3n) is 3.63. The highest BCUT2D eigenvalue weighted by Crippen LogP contribution is 2.24. The van der Waals surface area contributed by atoms with Gasteiger partial charge in [0.2, 0.25) is 5.88 Å². The Balaban J connectivity index is 1.61. The zero-order chi connectivity index (χ0) is 16.8. The first-order valence-corrected chi connectivity index (χ1v) is 7.76. The lowest BCUT2D eigenvalue weighted by Crippen LogP contribution is -1.96. The summed E-state index contributed by atoms with van der Waals surface area (Å²) < 4.78 is 11.5. The second kappa shape index (κ2) is 7.62. The topological polar surface area (TPSA) is 51.6 Å². The van der Waals surface area contributed by atoms with Crippen molar-refractivity contribution >= 4 is 0 Å². The van der Waals surface area contributed by atoms with Crippen LogP contribution in [0.4, 0.5) is 0 Å². The molecule has 4 nitrogen and oxygen atoms in total. The van der Waals surface area contributed by atoms with E-state index in [1.807, 2.05) is 67.6 Å². The van der Waals surface area contributed by atoms with Crippen LogP contribution in [0.25, 0.3) is 0 Å². The molecular weight excluding hydrogens is 302 g/mol. The van der Waals surface area contributed by atoms with Crippen LogP contribution in [0, 0.1) is 6.92 Å². The number of ether oxygens (including phenoxy) is 2. The fraction of sp³-hybridized carbons (Fsp3) is 0.150. The van der Waals surface area contributed by atoms with Crippen LogP contribution in [0.1, 0.15) is 16.8 Å². The summed E-state index contributed by atoms with van der Waals surface area (Å²) >= 11 is 0. The highest BCUT2D eigenvalue weighted by Gasteiger charge is 2.04. The number of pyridine rings is 1. The average Bonchev–Trinajstić information content (AvgIpc) is 2.62. The molecule has 0 fully saturated rings. The predicted molar refractivity (Wildman–Crippen MR) is 92.2 cm³/mol. The van der Waals surface area contributed by atoms with E-state index in [1.54, 1.807) is 6.07 Å². The second-order valence-electron chi connectivity index (χ2n) is 5.40. The van der Waals surface area contributed by atoms with Crippen LogP contribution in [-0.2, 0) is 13.2 Å². The molecule has 0 saturated carbocycles. The van der Waals surface area contributed by atoms with E-state index in [0.717, 1.165) is 22.6 Å². The van der Waals surface area contributed by atoms with Gasteiger partial charge in [-0.15, -0.1) is 0 Å². The highest BCUT2D eigenvalue weighted by molar-refractivity contribution is 5.34. The van der Waals surface area contributed by atoms with Crippen molar-refractivity contribution in [3.63, 3.8) is 0 Å². The first-order chi connectivity index (χ1) is 11.7. The quantitative estimate of drug-likeness (QED) is 0.737. The van der Waals surface area contributed by atoms with E-state index >= 15 is 0 Å². The van der Waals surface area contributed by atoms with Crippen molar-refractivity contribution in [2.24, 2.45) is 0 Å². The molecule has 0 spiro atoms. The molecule has 1 heterocycles. The number of rotatable bonds is 6. The van der Waals surface area contributed by atoms with Crippen molar-refractivity contribution in [1.29, 1.82) is 0 Å². The molecule has 0 radical (unpaired) electrons. The van der Waals surface area contributed by atoms with E-state index in [0.29, 0.717) is 18.2 Å². The van der Waals surface area contributed by atoms with Crippen LogP contribution in [0.3, 0.4) is 0 Å². The van der Waals surface area contributed by atoms with Crippen LogP contribution in [-0.4, -0.2) is 10.1 Å². The summed E-state index contributed by atoms with van der Waals surface area (Å²) in [4.78, 5) is 4.32. The molecule has 3 aromatic rings. The van der Waals surface area contributed by atoms with Gasteiger partial charge < -0.3 is 14.6 Å². The maximum atomic E-state index is 9.17. The van der Waals surface area contributed by atoms with Gasteiger partial charge in [0.25, 0.3) is 0 Å². The monoisotopic (exact) mass is 321 g/mol. The van der Waals surface area contributed by atoms with Crippen molar-refractivity contribution < 1.29 is 14.6 Å². The molecule has 122 valence electrons. The van der Waals surface area contributed by atoms with E-state index in [9.17, 15) is 0 Å². The zero-order valence-corrected chi connectivity index (χ0v) is 13.5. The number of hydrogen-bond donors (Lipinski definition) is 1. The molecule has 0 aliphatic heterocycles. The third kappa shape index (κ3) is 4.12. The van der Waals surface area contributed by atoms with Gasteiger partial charge in [0.05, 0.1) is 6.61 Å². The Labute approximate surface area is 141 Å². The number of hydrogen-bond acceptors (Lipinski definition) is 4. The van der Waals surface area contributed by atoms with E-state index in [4.69, 9.17) is 14.6 Å². The van der Waals surface area contributed by atoms with Gasteiger partial charge in [-0.3, -0.25) is 0 Å². The summed E-state index contributed by atoms with van der Waals surface area (Å²) in [6.07, 6.45) is 0. The summed E-state index contributed by atoms with van der Waals surface area (Å²) in [6.45, 7) is 2.36. The lowest BCUT2D eigenvalue weighted by Gasteiger charge is -2.09. The predicted octanol–water partition coefficient (Wildman–Crippen LogP) is 4.25. The molecule has 2 aromatic carbocycles. The largest absolute Gasteiger partial charge is 0.489 e. The van der Waals surface area contributed by atoms with Crippen molar-refractivity contribution in [3.05, 3.63) is 83.6 Å². The van der Waals surface area contributed by atoms with Crippen LogP contribution < -0.4 is 9.47 Å². The fourth-order valence-electron chi connectivity index (χ4n) is 2.26. The van der Waals surface area contributed by atoms with E-state index < -0.39 is 0 Å². The number of aryl methyl sites for hydroxylation is 1. The van der Waals surface area contributed by atoms with Crippen molar-refractivity contribution in [2.75, 3.05) is 0 Å². The van der Waals surface area contributed by atoms with E-state index in [2.05, 4.69) is 4.98 Å². The highest BCUT2D eigenvalue weighted by atomic mass is 16.5. The Bertz CT molecular complexity index is 786. The van der Waals surface area contributed by atoms with Gasteiger partial charge in [0.1, 0.15) is 18.1 Å². The van der Waals surface area contributed by atoms with Crippen LogP contribution in [0.15, 0.2) is 66.7 Å². The molecule has 0 atom stereocenters. The van der Waals surface area contributed by atoms with Gasteiger partial charge in [-0.1, -0.05) is 30.3 Å². The van der Waals surface area contributed by atoms with Gasteiger partial charge in [-0.05, 0) is 48.4 Å². The van der Waals surface area contributed by atoms with Crippen molar-refractivity contribution in [1.82, 2.24) is 4.98 Å². The molecular formula is C20H19NO3. The molecule has 1 N–H and O–H groups in total. The van der Waals surface area contributed by atoms with Gasteiger partial charge >= 0.3 is 0 Å². The average molecular weight is 321 g/mol. The SMILES string of the molecule is Cc1nc(Oc2ccc(OCc3ccccc3)cc2)ccc1CO. The number of aliphatic hydroxyl groups is 1. The number of aliphatic hydroxyl groups excluding tert-OH is 1. The maximum absolute atomic E-state index is 9.17. The maximum Gasteiger partial charge on any atom is 0.219 e. The smallest absolute Gasteiger partial charge is 0.219 e. The number of benzene rings is 2. The minimum atomic E-state index is -0.0213. The number of aromatic nitrogens is 1. The van der Waals surface area contributed by atoms with Crippen LogP contribution in [0.2, 0.25) is 0 Å². The van der Waals surface area contributed by atoms with E-state index in [1.165, 1.54) is 0 Å². The summed E-state index contributed by atoms with van der Waals surface area (Å²) in [7, 11) is 0. The Kier molecular flexibility index (Phi) is 5.08. The summed E-state index contributed by atoms with van der Waals surface area (Å²) in [6, 6.07) is 21.0.